The number of amides is 1. The second-order valence-corrected chi connectivity index (χ2v) is 6.96. The van der Waals surface area contributed by atoms with Crippen molar-refractivity contribution in [2.75, 3.05) is 26.2 Å². The quantitative estimate of drug-likeness (QED) is 0.772. The minimum absolute atomic E-state index is 0.0328. The van der Waals surface area contributed by atoms with Gasteiger partial charge in [0.2, 0.25) is 11.3 Å². The summed E-state index contributed by atoms with van der Waals surface area (Å²) in [7, 11) is 0. The summed E-state index contributed by atoms with van der Waals surface area (Å²) in [6, 6.07) is 7.37. The molecule has 1 aromatic carbocycles. The lowest BCUT2D eigenvalue weighted by atomic mass is 10.2. The molecule has 0 spiro atoms. The van der Waals surface area contributed by atoms with Crippen LogP contribution in [0.4, 0.5) is 0 Å². The van der Waals surface area contributed by atoms with E-state index in [0.29, 0.717) is 24.9 Å². The number of carbonyl (C=O) groups is 1. The Morgan fingerprint density at radius 3 is 2.65 bits per heavy atom. The SMILES string of the molecule is O=C(CCn1ncc(=O)c2ccccc21)NCCCN1CCCCCC1. The Morgan fingerprint density at radius 1 is 1.08 bits per heavy atom. The van der Waals surface area contributed by atoms with Crippen molar-refractivity contribution < 1.29 is 4.79 Å². The Hall–Kier alpha value is -2.21. The van der Waals surface area contributed by atoms with Gasteiger partial charge in [0.05, 0.1) is 18.3 Å². The third kappa shape index (κ3) is 5.14. The first-order chi connectivity index (χ1) is 12.7. The molecule has 1 fully saturated rings. The number of carbonyl (C=O) groups excluding carboxylic acids is 1. The molecule has 6 heteroatoms. The smallest absolute Gasteiger partial charge is 0.221 e. The van der Waals surface area contributed by atoms with E-state index in [2.05, 4.69) is 15.3 Å². The highest BCUT2D eigenvalue weighted by Gasteiger charge is 2.09. The highest BCUT2D eigenvalue weighted by Crippen LogP contribution is 2.10. The summed E-state index contributed by atoms with van der Waals surface area (Å²) in [5.74, 6) is 0.0328. The fourth-order valence-corrected chi connectivity index (χ4v) is 3.53. The molecular formula is C20H28N4O2. The number of nitrogens with zero attached hydrogens (tertiary/aromatic N) is 3. The van der Waals surface area contributed by atoms with Gasteiger partial charge in [0.15, 0.2) is 0 Å². The maximum Gasteiger partial charge on any atom is 0.221 e. The molecule has 6 nitrogen and oxygen atoms in total. The Labute approximate surface area is 154 Å². The highest BCUT2D eigenvalue weighted by atomic mass is 16.1. The van der Waals surface area contributed by atoms with Gasteiger partial charge in [0.1, 0.15) is 0 Å². The van der Waals surface area contributed by atoms with Gasteiger partial charge in [-0.1, -0.05) is 25.0 Å². The highest BCUT2D eigenvalue weighted by molar-refractivity contribution is 5.78. The monoisotopic (exact) mass is 356 g/mol. The van der Waals surface area contributed by atoms with E-state index in [4.69, 9.17) is 0 Å². The van der Waals surface area contributed by atoms with E-state index < -0.39 is 0 Å². The minimum Gasteiger partial charge on any atom is -0.356 e. The summed E-state index contributed by atoms with van der Waals surface area (Å²) in [5.41, 5.74) is 0.684. The van der Waals surface area contributed by atoms with Crippen molar-refractivity contribution >= 4 is 16.8 Å². The minimum atomic E-state index is -0.0881. The maximum absolute atomic E-state index is 12.1. The third-order valence-electron chi connectivity index (χ3n) is 4.98. The van der Waals surface area contributed by atoms with Crippen LogP contribution in [0.1, 0.15) is 38.5 Å². The molecule has 0 saturated carbocycles. The summed E-state index contributed by atoms with van der Waals surface area (Å²) in [6.45, 7) is 4.64. The lowest BCUT2D eigenvalue weighted by Crippen LogP contribution is -2.31. The summed E-state index contributed by atoms with van der Waals surface area (Å²) >= 11 is 0. The third-order valence-corrected chi connectivity index (χ3v) is 4.98. The van der Waals surface area contributed by atoms with Gasteiger partial charge in [0, 0.05) is 18.4 Å². The first-order valence-corrected chi connectivity index (χ1v) is 9.68. The first kappa shape index (κ1) is 18.6. The fraction of sp³-hybridized carbons (Fsp3) is 0.550. The summed E-state index contributed by atoms with van der Waals surface area (Å²) < 4.78 is 1.73. The predicted molar refractivity (Wildman–Crippen MR) is 103 cm³/mol. The van der Waals surface area contributed by atoms with Gasteiger partial charge in [-0.05, 0) is 51.0 Å². The predicted octanol–water partition coefficient (Wildman–Crippen LogP) is 2.17. The number of aromatic nitrogens is 2. The van der Waals surface area contributed by atoms with E-state index in [0.717, 1.165) is 18.5 Å². The zero-order chi connectivity index (χ0) is 18.2. The number of hydrogen-bond donors (Lipinski definition) is 1. The van der Waals surface area contributed by atoms with Crippen LogP contribution in [0, 0.1) is 0 Å². The molecule has 0 aliphatic carbocycles. The van der Waals surface area contributed by atoms with E-state index in [1.54, 1.807) is 10.7 Å². The van der Waals surface area contributed by atoms with Crippen molar-refractivity contribution in [3.05, 3.63) is 40.7 Å². The van der Waals surface area contributed by atoms with Crippen molar-refractivity contribution in [3.63, 3.8) is 0 Å². The van der Waals surface area contributed by atoms with Crippen LogP contribution in [-0.2, 0) is 11.3 Å². The molecule has 1 N–H and O–H groups in total. The van der Waals surface area contributed by atoms with Crippen LogP contribution in [0.5, 0.6) is 0 Å². The van der Waals surface area contributed by atoms with Crippen LogP contribution in [0.15, 0.2) is 35.3 Å². The van der Waals surface area contributed by atoms with Crippen molar-refractivity contribution in [3.8, 4) is 0 Å². The second kappa shape index (κ2) is 9.48. The van der Waals surface area contributed by atoms with Gasteiger partial charge < -0.3 is 10.2 Å². The van der Waals surface area contributed by atoms with Crippen LogP contribution in [-0.4, -0.2) is 46.8 Å². The summed E-state index contributed by atoms with van der Waals surface area (Å²) in [5, 5.41) is 7.80. The Morgan fingerprint density at radius 2 is 1.85 bits per heavy atom. The maximum atomic E-state index is 12.1. The van der Waals surface area contributed by atoms with E-state index in [1.807, 2.05) is 18.2 Å². The van der Waals surface area contributed by atoms with Crippen molar-refractivity contribution in [2.45, 2.75) is 45.1 Å². The zero-order valence-corrected chi connectivity index (χ0v) is 15.3. The number of fused-ring (bicyclic) bond motifs is 1. The second-order valence-electron chi connectivity index (χ2n) is 6.96. The zero-order valence-electron chi connectivity index (χ0n) is 15.3. The molecule has 1 aliphatic rings. The Bertz CT molecular complexity index is 779. The molecule has 0 atom stereocenters. The molecule has 2 aromatic rings. The van der Waals surface area contributed by atoms with Crippen LogP contribution in [0.25, 0.3) is 10.9 Å². The first-order valence-electron chi connectivity index (χ1n) is 9.68. The van der Waals surface area contributed by atoms with Crippen LogP contribution in [0.3, 0.4) is 0 Å². The van der Waals surface area contributed by atoms with E-state index >= 15 is 0 Å². The largest absolute Gasteiger partial charge is 0.356 e. The normalized spacial score (nSPS) is 15.7. The number of hydrogen-bond acceptors (Lipinski definition) is 4. The topological polar surface area (TPSA) is 67.2 Å². The van der Waals surface area contributed by atoms with Crippen molar-refractivity contribution in [1.29, 1.82) is 0 Å². The Balaban J connectivity index is 1.42. The number of para-hydroxylation sites is 1. The van der Waals surface area contributed by atoms with Gasteiger partial charge in [0.25, 0.3) is 0 Å². The molecule has 0 bridgehead atoms. The van der Waals surface area contributed by atoms with E-state index in [1.165, 1.54) is 45.0 Å². The summed E-state index contributed by atoms with van der Waals surface area (Å²) in [4.78, 5) is 26.4. The average molecular weight is 356 g/mol. The number of benzene rings is 1. The molecular weight excluding hydrogens is 328 g/mol. The molecule has 26 heavy (non-hydrogen) atoms. The van der Waals surface area contributed by atoms with Crippen LogP contribution in [0.2, 0.25) is 0 Å². The average Bonchev–Trinajstić information content (AvgIpc) is 2.94. The molecule has 1 aromatic heterocycles. The molecule has 2 heterocycles. The molecule has 0 unspecified atom stereocenters. The number of aryl methyl sites for hydroxylation is 1. The van der Waals surface area contributed by atoms with Gasteiger partial charge in [-0.15, -0.1) is 0 Å². The molecule has 1 amide bonds. The number of nitrogens with one attached hydrogen (secondary N) is 1. The lowest BCUT2D eigenvalue weighted by Gasteiger charge is -2.19. The van der Waals surface area contributed by atoms with Gasteiger partial charge in [-0.25, -0.2) is 0 Å². The number of likely N-dealkylation sites (tertiary alicyclic amines) is 1. The van der Waals surface area contributed by atoms with Crippen molar-refractivity contribution in [1.82, 2.24) is 20.0 Å². The lowest BCUT2D eigenvalue weighted by molar-refractivity contribution is -0.121. The molecule has 1 saturated heterocycles. The van der Waals surface area contributed by atoms with Crippen molar-refractivity contribution in [2.24, 2.45) is 0 Å². The fourth-order valence-electron chi connectivity index (χ4n) is 3.53. The molecule has 0 radical (unpaired) electrons. The van der Waals surface area contributed by atoms with Crippen LogP contribution >= 0.6 is 0 Å². The van der Waals surface area contributed by atoms with E-state index in [-0.39, 0.29) is 11.3 Å². The number of rotatable bonds is 7. The van der Waals surface area contributed by atoms with Gasteiger partial charge in [-0.2, -0.15) is 5.10 Å². The molecule has 3 rings (SSSR count). The Kier molecular flexibility index (Phi) is 6.77. The summed E-state index contributed by atoms with van der Waals surface area (Å²) in [6.07, 6.45) is 7.97. The molecule has 140 valence electrons. The van der Waals surface area contributed by atoms with Gasteiger partial charge in [-0.3, -0.25) is 14.3 Å². The van der Waals surface area contributed by atoms with Crippen LogP contribution < -0.4 is 10.7 Å². The van der Waals surface area contributed by atoms with E-state index in [9.17, 15) is 9.59 Å². The molecule has 1 aliphatic heterocycles. The van der Waals surface area contributed by atoms with Gasteiger partial charge >= 0.3 is 0 Å². The standard InChI is InChI=1S/C20H28N4O2/c25-19-16-22-24(18-9-4-3-8-17(18)19)15-10-20(26)21-11-7-14-23-12-5-1-2-6-13-23/h3-4,8-9,16H,1-2,5-7,10-15H2,(H,21,26).